The highest BCUT2D eigenvalue weighted by atomic mass is 35.5. The molecule has 0 spiro atoms. The van der Waals surface area contributed by atoms with Crippen molar-refractivity contribution in [2.24, 2.45) is 0 Å². The van der Waals surface area contributed by atoms with Gasteiger partial charge in [0.05, 0.1) is 18.6 Å². The molecule has 2 aromatic heterocycles. The minimum Gasteiger partial charge on any atom is -0.467 e. The molecular formula is C19H19ClN4O2S. The Morgan fingerprint density at radius 1 is 1.30 bits per heavy atom. The summed E-state index contributed by atoms with van der Waals surface area (Å²) in [4.78, 5) is 12.0. The monoisotopic (exact) mass is 402 g/mol. The summed E-state index contributed by atoms with van der Waals surface area (Å²) in [6, 6.07) is 11.2. The van der Waals surface area contributed by atoms with Crippen molar-refractivity contribution in [2.45, 2.75) is 24.7 Å². The van der Waals surface area contributed by atoms with Gasteiger partial charge in [-0.3, -0.25) is 4.79 Å². The van der Waals surface area contributed by atoms with Gasteiger partial charge in [-0.05, 0) is 29.8 Å². The highest BCUT2D eigenvalue weighted by Crippen LogP contribution is 2.19. The van der Waals surface area contributed by atoms with E-state index in [1.54, 1.807) is 18.4 Å². The molecule has 8 heteroatoms. The number of rotatable bonds is 9. The van der Waals surface area contributed by atoms with Crippen molar-refractivity contribution >= 4 is 29.3 Å². The summed E-state index contributed by atoms with van der Waals surface area (Å²) in [6.07, 6.45) is 4.00. The SMILES string of the molecule is C=CCn1c(Cc2ccc(Cl)cc2)nnc1SCC(=O)NCc1ccco1. The Kier molecular flexibility index (Phi) is 6.73. The van der Waals surface area contributed by atoms with Crippen molar-refractivity contribution in [3.05, 3.63) is 77.5 Å². The van der Waals surface area contributed by atoms with Crippen LogP contribution in [0.1, 0.15) is 17.1 Å². The number of hydrogen-bond acceptors (Lipinski definition) is 5. The molecular weight excluding hydrogens is 384 g/mol. The number of allylic oxidation sites excluding steroid dienone is 1. The van der Waals surface area contributed by atoms with Crippen LogP contribution in [0.3, 0.4) is 0 Å². The van der Waals surface area contributed by atoms with Crippen molar-refractivity contribution in [1.82, 2.24) is 20.1 Å². The fourth-order valence-electron chi connectivity index (χ4n) is 2.43. The zero-order chi connectivity index (χ0) is 19.1. The maximum Gasteiger partial charge on any atom is 0.230 e. The zero-order valence-electron chi connectivity index (χ0n) is 14.6. The van der Waals surface area contributed by atoms with Crippen LogP contribution >= 0.6 is 23.4 Å². The summed E-state index contributed by atoms with van der Waals surface area (Å²) in [5.74, 6) is 1.68. The number of carbonyl (C=O) groups excluding carboxylic acids is 1. The lowest BCUT2D eigenvalue weighted by molar-refractivity contribution is -0.118. The maximum atomic E-state index is 12.0. The molecule has 0 saturated heterocycles. The molecule has 0 radical (unpaired) electrons. The van der Waals surface area contributed by atoms with Crippen LogP contribution in [0, 0.1) is 0 Å². The van der Waals surface area contributed by atoms with Gasteiger partial charge in [0.2, 0.25) is 5.91 Å². The Bertz CT molecular complexity index is 891. The van der Waals surface area contributed by atoms with Crippen LogP contribution in [0.5, 0.6) is 0 Å². The number of furan rings is 1. The summed E-state index contributed by atoms with van der Waals surface area (Å²) in [7, 11) is 0. The van der Waals surface area contributed by atoms with Crippen molar-refractivity contribution in [3.8, 4) is 0 Å². The maximum absolute atomic E-state index is 12.0. The number of benzene rings is 1. The summed E-state index contributed by atoms with van der Waals surface area (Å²) >= 11 is 7.28. The fourth-order valence-corrected chi connectivity index (χ4v) is 3.36. The van der Waals surface area contributed by atoms with E-state index in [4.69, 9.17) is 16.0 Å². The summed E-state index contributed by atoms with van der Waals surface area (Å²) in [5.41, 5.74) is 1.09. The van der Waals surface area contributed by atoms with E-state index in [0.717, 1.165) is 11.4 Å². The minimum absolute atomic E-state index is 0.0937. The number of nitrogens with one attached hydrogen (secondary N) is 1. The number of hydrogen-bond donors (Lipinski definition) is 1. The first-order valence-electron chi connectivity index (χ1n) is 8.35. The van der Waals surface area contributed by atoms with Crippen LogP contribution in [0.2, 0.25) is 5.02 Å². The lowest BCUT2D eigenvalue weighted by atomic mass is 10.1. The minimum atomic E-state index is -0.0937. The highest BCUT2D eigenvalue weighted by Gasteiger charge is 2.14. The Morgan fingerprint density at radius 3 is 2.81 bits per heavy atom. The van der Waals surface area contributed by atoms with E-state index < -0.39 is 0 Å². The molecule has 0 aliphatic heterocycles. The molecule has 6 nitrogen and oxygen atoms in total. The second-order valence-corrected chi connectivity index (χ2v) is 7.13. The van der Waals surface area contributed by atoms with E-state index in [1.807, 2.05) is 34.9 Å². The Balaban J connectivity index is 1.61. The second-order valence-electron chi connectivity index (χ2n) is 5.75. The van der Waals surface area contributed by atoms with Crippen molar-refractivity contribution in [3.63, 3.8) is 0 Å². The van der Waals surface area contributed by atoms with Gasteiger partial charge in [-0.15, -0.1) is 16.8 Å². The Hall–Kier alpha value is -2.51. The van der Waals surface area contributed by atoms with Gasteiger partial charge in [0.25, 0.3) is 0 Å². The molecule has 140 valence electrons. The summed E-state index contributed by atoms with van der Waals surface area (Å²) < 4.78 is 7.16. The van der Waals surface area contributed by atoms with E-state index in [2.05, 4.69) is 22.1 Å². The molecule has 1 N–H and O–H groups in total. The molecule has 3 aromatic rings. The zero-order valence-corrected chi connectivity index (χ0v) is 16.2. The predicted octanol–water partition coefficient (Wildman–Crippen LogP) is 3.71. The summed E-state index contributed by atoms with van der Waals surface area (Å²) in [6.45, 7) is 4.74. The van der Waals surface area contributed by atoms with E-state index in [9.17, 15) is 4.79 Å². The molecule has 2 heterocycles. The first-order chi connectivity index (χ1) is 13.2. The van der Waals surface area contributed by atoms with Crippen molar-refractivity contribution < 1.29 is 9.21 Å². The Morgan fingerprint density at radius 2 is 2.11 bits per heavy atom. The average Bonchev–Trinajstić information content (AvgIpc) is 3.31. The fraction of sp³-hybridized carbons (Fsp3) is 0.211. The van der Waals surface area contributed by atoms with E-state index in [1.165, 1.54) is 11.8 Å². The molecule has 0 unspecified atom stereocenters. The highest BCUT2D eigenvalue weighted by molar-refractivity contribution is 7.99. The molecule has 1 aromatic carbocycles. The third-order valence-corrected chi connectivity index (χ3v) is 4.97. The van der Waals surface area contributed by atoms with E-state index in [0.29, 0.717) is 35.4 Å². The third kappa shape index (κ3) is 5.48. The number of amides is 1. The summed E-state index contributed by atoms with van der Waals surface area (Å²) in [5, 5.41) is 12.7. The number of aromatic nitrogens is 3. The van der Waals surface area contributed by atoms with Gasteiger partial charge in [0.15, 0.2) is 5.16 Å². The van der Waals surface area contributed by atoms with Gasteiger partial charge in [-0.2, -0.15) is 0 Å². The first kappa shape index (κ1) is 19.3. The lowest BCUT2D eigenvalue weighted by Crippen LogP contribution is -2.24. The average molecular weight is 403 g/mol. The second kappa shape index (κ2) is 9.43. The third-order valence-electron chi connectivity index (χ3n) is 3.75. The van der Waals surface area contributed by atoms with Crippen LogP contribution < -0.4 is 5.32 Å². The van der Waals surface area contributed by atoms with Gasteiger partial charge in [-0.25, -0.2) is 0 Å². The molecule has 0 saturated carbocycles. The number of carbonyl (C=O) groups is 1. The van der Waals surface area contributed by atoms with Crippen LogP contribution in [0.4, 0.5) is 0 Å². The number of thioether (sulfide) groups is 1. The standard InChI is InChI=1S/C19H19ClN4O2S/c1-2-9-24-17(11-14-5-7-15(20)8-6-14)22-23-19(24)27-13-18(25)21-12-16-4-3-10-26-16/h2-8,10H,1,9,11-13H2,(H,21,25). The Labute approximate surface area is 166 Å². The van der Waals surface area contributed by atoms with E-state index >= 15 is 0 Å². The largest absolute Gasteiger partial charge is 0.467 e. The smallest absolute Gasteiger partial charge is 0.230 e. The van der Waals surface area contributed by atoms with Crippen LogP contribution in [-0.4, -0.2) is 26.4 Å². The normalized spacial score (nSPS) is 10.7. The van der Waals surface area contributed by atoms with Crippen LogP contribution in [-0.2, 0) is 24.3 Å². The molecule has 0 atom stereocenters. The quantitative estimate of drug-likeness (QED) is 0.436. The van der Waals surface area contributed by atoms with Gasteiger partial charge in [0, 0.05) is 18.0 Å². The lowest BCUT2D eigenvalue weighted by Gasteiger charge is -2.08. The van der Waals surface area contributed by atoms with Crippen LogP contribution in [0.25, 0.3) is 0 Å². The molecule has 1 amide bonds. The van der Waals surface area contributed by atoms with Gasteiger partial charge >= 0.3 is 0 Å². The van der Waals surface area contributed by atoms with E-state index in [-0.39, 0.29) is 11.7 Å². The number of halogens is 1. The molecule has 0 aliphatic rings. The van der Waals surface area contributed by atoms with Gasteiger partial charge in [0.1, 0.15) is 11.6 Å². The van der Waals surface area contributed by atoms with Gasteiger partial charge in [-0.1, -0.05) is 41.6 Å². The van der Waals surface area contributed by atoms with Crippen molar-refractivity contribution in [2.75, 3.05) is 5.75 Å². The predicted molar refractivity (Wildman–Crippen MR) is 106 cm³/mol. The topological polar surface area (TPSA) is 73.0 Å². The molecule has 0 aliphatic carbocycles. The molecule has 3 rings (SSSR count). The van der Waals surface area contributed by atoms with Crippen LogP contribution in [0.15, 0.2) is 64.9 Å². The van der Waals surface area contributed by atoms with Gasteiger partial charge < -0.3 is 14.3 Å². The molecule has 0 bridgehead atoms. The molecule has 0 fully saturated rings. The molecule has 27 heavy (non-hydrogen) atoms. The van der Waals surface area contributed by atoms with Crippen molar-refractivity contribution in [1.29, 1.82) is 0 Å². The number of nitrogens with zero attached hydrogens (tertiary/aromatic N) is 3. The first-order valence-corrected chi connectivity index (χ1v) is 9.71.